The van der Waals surface area contributed by atoms with Gasteiger partial charge in [-0.15, -0.1) is 11.3 Å². The normalized spacial score (nSPS) is 11.1. The van der Waals surface area contributed by atoms with E-state index in [-0.39, 0.29) is 36.5 Å². The van der Waals surface area contributed by atoms with E-state index in [2.05, 4.69) is 15.1 Å². The van der Waals surface area contributed by atoms with Crippen molar-refractivity contribution in [3.8, 4) is 11.4 Å². The lowest BCUT2D eigenvalue weighted by Crippen LogP contribution is -2.06. The van der Waals surface area contributed by atoms with Crippen molar-refractivity contribution in [1.82, 2.24) is 15.1 Å². The standard InChI is InChI=1S/C20H16FN3O3S/c1-12-6-7-13(10-14(12)21)20-23-17(27-24-20)11-26-19(25)9-8-18-22-15-4-2-3-5-16(15)28-18/h2-7,10H,8-9,11H2,1H3. The number of rotatable bonds is 6. The summed E-state index contributed by atoms with van der Waals surface area (Å²) >= 11 is 1.57. The van der Waals surface area contributed by atoms with Gasteiger partial charge in [0, 0.05) is 12.0 Å². The van der Waals surface area contributed by atoms with Crippen LogP contribution in [-0.2, 0) is 22.6 Å². The van der Waals surface area contributed by atoms with Crippen molar-refractivity contribution in [3.05, 3.63) is 64.7 Å². The Balaban J connectivity index is 1.31. The Bertz CT molecular complexity index is 1110. The van der Waals surface area contributed by atoms with Crippen LogP contribution in [0.4, 0.5) is 4.39 Å². The molecular formula is C20H16FN3O3S. The Labute approximate surface area is 164 Å². The third-order valence-electron chi connectivity index (χ3n) is 4.14. The number of carbonyl (C=O) groups is 1. The van der Waals surface area contributed by atoms with Crippen LogP contribution in [0.15, 0.2) is 47.0 Å². The molecule has 0 aliphatic heterocycles. The first-order valence-corrected chi connectivity index (χ1v) is 9.49. The number of hydrogen-bond acceptors (Lipinski definition) is 7. The van der Waals surface area contributed by atoms with Crippen LogP contribution in [-0.4, -0.2) is 21.1 Å². The van der Waals surface area contributed by atoms with E-state index in [0.717, 1.165) is 15.2 Å². The molecule has 0 aliphatic rings. The largest absolute Gasteiger partial charge is 0.456 e. The van der Waals surface area contributed by atoms with E-state index in [1.807, 2.05) is 24.3 Å². The summed E-state index contributed by atoms with van der Waals surface area (Å²) in [4.78, 5) is 20.6. The second-order valence-electron chi connectivity index (χ2n) is 6.21. The van der Waals surface area contributed by atoms with E-state index < -0.39 is 0 Å². The Morgan fingerprint density at radius 3 is 2.89 bits per heavy atom. The second kappa shape index (κ2) is 7.85. The minimum absolute atomic E-state index is 0.125. The predicted molar refractivity (Wildman–Crippen MR) is 102 cm³/mol. The average molecular weight is 397 g/mol. The van der Waals surface area contributed by atoms with Gasteiger partial charge in [-0.05, 0) is 30.7 Å². The molecule has 0 atom stereocenters. The van der Waals surface area contributed by atoms with Gasteiger partial charge in [-0.3, -0.25) is 4.79 Å². The number of ether oxygens (including phenoxy) is 1. The highest BCUT2D eigenvalue weighted by atomic mass is 32.1. The summed E-state index contributed by atoms with van der Waals surface area (Å²) in [6.07, 6.45) is 0.722. The molecule has 142 valence electrons. The number of benzene rings is 2. The van der Waals surface area contributed by atoms with Gasteiger partial charge in [0.15, 0.2) is 6.61 Å². The first-order valence-electron chi connectivity index (χ1n) is 8.67. The Kier molecular flexibility index (Phi) is 5.12. The Hall–Kier alpha value is -3.13. The van der Waals surface area contributed by atoms with E-state index in [9.17, 15) is 9.18 Å². The Morgan fingerprint density at radius 1 is 1.21 bits per heavy atom. The van der Waals surface area contributed by atoms with Gasteiger partial charge in [-0.2, -0.15) is 4.98 Å². The van der Waals surface area contributed by atoms with E-state index in [1.165, 1.54) is 6.07 Å². The zero-order valence-electron chi connectivity index (χ0n) is 15.0. The second-order valence-corrected chi connectivity index (χ2v) is 7.33. The molecule has 0 N–H and O–H groups in total. The van der Waals surface area contributed by atoms with Crippen LogP contribution >= 0.6 is 11.3 Å². The number of aromatic nitrogens is 3. The summed E-state index contributed by atoms with van der Waals surface area (Å²) in [6.45, 7) is 1.55. The van der Waals surface area contributed by atoms with Gasteiger partial charge < -0.3 is 9.26 Å². The fourth-order valence-electron chi connectivity index (χ4n) is 2.61. The zero-order chi connectivity index (χ0) is 19.5. The lowest BCUT2D eigenvalue weighted by atomic mass is 10.1. The van der Waals surface area contributed by atoms with Crippen LogP contribution < -0.4 is 0 Å². The molecule has 0 fully saturated rings. The number of esters is 1. The average Bonchev–Trinajstić information content (AvgIpc) is 3.33. The summed E-state index contributed by atoms with van der Waals surface area (Å²) in [5, 5.41) is 4.69. The molecule has 2 aromatic carbocycles. The molecule has 8 heteroatoms. The SMILES string of the molecule is Cc1ccc(-c2noc(COC(=O)CCc3nc4ccccc4s3)n2)cc1F. The first-order chi connectivity index (χ1) is 13.6. The molecule has 2 aromatic heterocycles. The van der Waals surface area contributed by atoms with Gasteiger partial charge in [0.25, 0.3) is 5.89 Å². The number of hydrogen-bond donors (Lipinski definition) is 0. The molecule has 4 aromatic rings. The summed E-state index contributed by atoms with van der Waals surface area (Å²) in [5.74, 6) is -0.311. The predicted octanol–water partition coefficient (Wildman–Crippen LogP) is 4.47. The molecule has 0 radical (unpaired) electrons. The summed E-state index contributed by atoms with van der Waals surface area (Å²) in [6, 6.07) is 12.5. The van der Waals surface area contributed by atoms with Crippen molar-refractivity contribution >= 4 is 27.5 Å². The maximum Gasteiger partial charge on any atom is 0.306 e. The molecule has 4 rings (SSSR count). The molecule has 2 heterocycles. The lowest BCUT2D eigenvalue weighted by molar-refractivity contribution is -0.145. The van der Waals surface area contributed by atoms with Crippen molar-refractivity contribution in [3.63, 3.8) is 0 Å². The van der Waals surface area contributed by atoms with Crippen LogP contribution in [0.3, 0.4) is 0 Å². The van der Waals surface area contributed by atoms with Gasteiger partial charge in [0.2, 0.25) is 5.82 Å². The Morgan fingerprint density at radius 2 is 2.07 bits per heavy atom. The summed E-state index contributed by atoms with van der Waals surface area (Å²) in [7, 11) is 0. The number of para-hydroxylation sites is 1. The van der Waals surface area contributed by atoms with Crippen molar-refractivity contribution in [2.75, 3.05) is 0 Å². The van der Waals surface area contributed by atoms with Gasteiger partial charge in [0.1, 0.15) is 5.82 Å². The van der Waals surface area contributed by atoms with Gasteiger partial charge in [-0.1, -0.05) is 29.4 Å². The summed E-state index contributed by atoms with van der Waals surface area (Å²) < 4.78 is 25.0. The highest BCUT2D eigenvalue weighted by molar-refractivity contribution is 7.18. The number of halogens is 1. The minimum Gasteiger partial charge on any atom is -0.456 e. The maximum absolute atomic E-state index is 13.7. The molecule has 0 saturated carbocycles. The molecule has 0 unspecified atom stereocenters. The van der Waals surface area contributed by atoms with E-state index >= 15 is 0 Å². The number of carbonyl (C=O) groups excluding carboxylic acids is 1. The molecule has 28 heavy (non-hydrogen) atoms. The fourth-order valence-corrected chi connectivity index (χ4v) is 3.58. The summed E-state index contributed by atoms with van der Waals surface area (Å²) in [5.41, 5.74) is 1.97. The molecule has 0 bridgehead atoms. The number of nitrogens with zero attached hydrogens (tertiary/aromatic N) is 3. The van der Waals surface area contributed by atoms with Crippen LogP contribution in [0.25, 0.3) is 21.6 Å². The molecule has 0 spiro atoms. The molecular weight excluding hydrogens is 381 g/mol. The van der Waals surface area contributed by atoms with Crippen LogP contribution in [0, 0.1) is 12.7 Å². The number of fused-ring (bicyclic) bond motifs is 1. The van der Waals surface area contributed by atoms with Crippen LogP contribution in [0.1, 0.15) is 22.9 Å². The maximum atomic E-state index is 13.7. The highest BCUT2D eigenvalue weighted by Gasteiger charge is 2.13. The third kappa shape index (κ3) is 4.07. The van der Waals surface area contributed by atoms with Crippen molar-refractivity contribution in [1.29, 1.82) is 0 Å². The fraction of sp³-hybridized carbons (Fsp3) is 0.200. The molecule has 0 amide bonds. The van der Waals surface area contributed by atoms with Crippen LogP contribution in [0.2, 0.25) is 0 Å². The minimum atomic E-state index is -0.375. The number of thiazole rings is 1. The van der Waals surface area contributed by atoms with Crippen molar-refractivity contribution in [2.24, 2.45) is 0 Å². The third-order valence-corrected chi connectivity index (χ3v) is 5.23. The van der Waals surface area contributed by atoms with Crippen molar-refractivity contribution < 1.29 is 18.4 Å². The van der Waals surface area contributed by atoms with Gasteiger partial charge >= 0.3 is 5.97 Å². The van der Waals surface area contributed by atoms with Gasteiger partial charge in [0.05, 0.1) is 21.6 Å². The first kappa shape index (κ1) is 18.2. The lowest BCUT2D eigenvalue weighted by Gasteiger charge is -2.00. The molecule has 0 aliphatic carbocycles. The van der Waals surface area contributed by atoms with E-state index in [1.54, 1.807) is 30.4 Å². The van der Waals surface area contributed by atoms with E-state index in [0.29, 0.717) is 17.5 Å². The van der Waals surface area contributed by atoms with E-state index in [4.69, 9.17) is 9.26 Å². The van der Waals surface area contributed by atoms with Crippen molar-refractivity contribution in [2.45, 2.75) is 26.4 Å². The van der Waals surface area contributed by atoms with Crippen LogP contribution in [0.5, 0.6) is 0 Å². The highest BCUT2D eigenvalue weighted by Crippen LogP contribution is 2.23. The molecule has 0 saturated heterocycles. The smallest absolute Gasteiger partial charge is 0.306 e. The monoisotopic (exact) mass is 397 g/mol. The van der Waals surface area contributed by atoms with Gasteiger partial charge in [-0.25, -0.2) is 9.37 Å². The zero-order valence-corrected chi connectivity index (χ0v) is 15.8. The quantitative estimate of drug-likeness (QED) is 0.447. The topological polar surface area (TPSA) is 78.1 Å². The molecule has 6 nitrogen and oxygen atoms in total. The number of aryl methyl sites for hydroxylation is 2.